The van der Waals surface area contributed by atoms with Crippen molar-refractivity contribution in [1.29, 1.82) is 0 Å². The summed E-state index contributed by atoms with van der Waals surface area (Å²) in [7, 11) is 0. The highest BCUT2D eigenvalue weighted by atomic mass is 16.5. The largest absolute Gasteiger partial charge is 0.454 e. The quantitative estimate of drug-likeness (QED) is 0.556. The molecule has 20 heavy (non-hydrogen) atoms. The van der Waals surface area contributed by atoms with Crippen LogP contribution in [0.25, 0.3) is 0 Å². The Bertz CT molecular complexity index is 438. The van der Waals surface area contributed by atoms with Crippen LogP contribution in [0, 0.1) is 11.8 Å². The van der Waals surface area contributed by atoms with Crippen LogP contribution in [0.15, 0.2) is 0 Å². The molecular formula is C13H18N2O5. The van der Waals surface area contributed by atoms with E-state index in [9.17, 15) is 19.2 Å². The molecule has 110 valence electrons. The van der Waals surface area contributed by atoms with E-state index in [1.54, 1.807) is 0 Å². The first-order chi connectivity index (χ1) is 9.43. The number of likely N-dealkylation sites (tertiary alicyclic amines) is 1. The molecule has 0 unspecified atom stereocenters. The van der Waals surface area contributed by atoms with Gasteiger partial charge in [0.1, 0.15) is 6.04 Å². The van der Waals surface area contributed by atoms with Gasteiger partial charge in [0.25, 0.3) is 5.91 Å². The van der Waals surface area contributed by atoms with Crippen LogP contribution in [-0.4, -0.2) is 41.2 Å². The molecule has 2 aliphatic rings. The minimum absolute atomic E-state index is 0.303. The molecule has 0 spiro atoms. The van der Waals surface area contributed by atoms with Crippen LogP contribution >= 0.6 is 0 Å². The summed E-state index contributed by atoms with van der Waals surface area (Å²) in [6, 6.07) is -1.01. The minimum atomic E-state index is -1.01. The van der Waals surface area contributed by atoms with Crippen LogP contribution in [0.2, 0.25) is 0 Å². The minimum Gasteiger partial charge on any atom is -0.454 e. The van der Waals surface area contributed by atoms with Gasteiger partial charge in [-0.25, -0.2) is 4.79 Å². The van der Waals surface area contributed by atoms with Gasteiger partial charge in [-0.2, -0.15) is 0 Å². The molecule has 1 saturated carbocycles. The predicted molar refractivity (Wildman–Crippen MR) is 66.9 cm³/mol. The lowest BCUT2D eigenvalue weighted by Crippen LogP contribution is -2.45. The summed E-state index contributed by atoms with van der Waals surface area (Å²) in [5, 5.41) is 0. The summed E-state index contributed by atoms with van der Waals surface area (Å²) in [4.78, 5) is 47.8. The summed E-state index contributed by atoms with van der Waals surface area (Å²) in [5.41, 5.74) is 4.88. The van der Waals surface area contributed by atoms with E-state index in [2.05, 4.69) is 4.74 Å². The Labute approximate surface area is 116 Å². The lowest BCUT2D eigenvalue weighted by atomic mass is 9.81. The predicted octanol–water partition coefficient (Wildman–Crippen LogP) is -0.421. The van der Waals surface area contributed by atoms with Crippen LogP contribution in [0.1, 0.15) is 32.6 Å². The first kappa shape index (κ1) is 14.5. The summed E-state index contributed by atoms with van der Waals surface area (Å²) >= 11 is 0. The van der Waals surface area contributed by atoms with Crippen LogP contribution in [0.4, 0.5) is 0 Å². The van der Waals surface area contributed by atoms with Gasteiger partial charge in [-0.05, 0) is 19.8 Å². The first-order valence-electron chi connectivity index (χ1n) is 6.75. The van der Waals surface area contributed by atoms with Gasteiger partial charge >= 0.3 is 5.97 Å². The van der Waals surface area contributed by atoms with E-state index < -0.39 is 24.5 Å². The maximum Gasteiger partial charge on any atom is 0.329 e. The number of nitrogens with zero attached hydrogens (tertiary/aromatic N) is 1. The van der Waals surface area contributed by atoms with Crippen molar-refractivity contribution >= 4 is 23.7 Å². The van der Waals surface area contributed by atoms with Crippen molar-refractivity contribution in [2.75, 3.05) is 6.61 Å². The normalized spacial score (nSPS) is 27.1. The number of carbonyl (C=O) groups excluding carboxylic acids is 4. The number of imide groups is 1. The maximum atomic E-state index is 12.2. The fourth-order valence-electron chi connectivity index (χ4n) is 2.94. The monoisotopic (exact) mass is 282 g/mol. The lowest BCUT2D eigenvalue weighted by Gasteiger charge is -2.21. The van der Waals surface area contributed by atoms with Crippen LogP contribution in [-0.2, 0) is 23.9 Å². The van der Waals surface area contributed by atoms with Crippen molar-refractivity contribution in [3.05, 3.63) is 0 Å². The van der Waals surface area contributed by atoms with Crippen LogP contribution < -0.4 is 5.73 Å². The molecule has 0 radical (unpaired) electrons. The molecule has 3 amide bonds. The smallest absolute Gasteiger partial charge is 0.329 e. The molecule has 7 heteroatoms. The summed E-state index contributed by atoms with van der Waals surface area (Å²) in [5.74, 6) is -2.78. The molecule has 7 nitrogen and oxygen atoms in total. The summed E-state index contributed by atoms with van der Waals surface area (Å²) in [6.07, 6.45) is 3.23. The fraction of sp³-hybridized carbons (Fsp3) is 0.692. The molecule has 0 aromatic heterocycles. The van der Waals surface area contributed by atoms with Crippen molar-refractivity contribution in [3.8, 4) is 0 Å². The van der Waals surface area contributed by atoms with Gasteiger partial charge in [-0.15, -0.1) is 0 Å². The zero-order valence-corrected chi connectivity index (χ0v) is 11.3. The SMILES string of the molecule is C[C@@H](C(=O)OCC(N)=O)N1C(=O)[C@@H]2CCCC[C@H]2C1=O. The second kappa shape index (κ2) is 5.60. The van der Waals surface area contributed by atoms with E-state index in [4.69, 9.17) is 5.73 Å². The van der Waals surface area contributed by atoms with E-state index in [1.165, 1.54) is 6.92 Å². The zero-order chi connectivity index (χ0) is 14.9. The molecule has 1 aliphatic heterocycles. The molecule has 2 N–H and O–H groups in total. The van der Waals surface area contributed by atoms with E-state index in [-0.39, 0.29) is 23.7 Å². The van der Waals surface area contributed by atoms with Crippen LogP contribution in [0.5, 0.6) is 0 Å². The van der Waals surface area contributed by atoms with Crippen molar-refractivity contribution < 1.29 is 23.9 Å². The topological polar surface area (TPSA) is 107 Å². The molecule has 1 saturated heterocycles. The summed E-state index contributed by atoms with van der Waals surface area (Å²) < 4.78 is 4.67. The highest BCUT2D eigenvalue weighted by molar-refractivity contribution is 6.07. The highest BCUT2D eigenvalue weighted by Gasteiger charge is 2.51. The van der Waals surface area contributed by atoms with Gasteiger partial charge in [0.15, 0.2) is 6.61 Å². The zero-order valence-electron chi connectivity index (χ0n) is 11.3. The molecule has 0 bridgehead atoms. The Kier molecular flexibility index (Phi) is 4.06. The standard InChI is InChI=1S/C13H18N2O5/c1-7(13(19)20-6-10(14)16)15-11(17)8-4-2-3-5-9(8)12(15)18/h7-9H,2-6H2,1H3,(H2,14,16)/t7-,8+,9+/m0/s1. The Morgan fingerprint density at radius 2 is 1.75 bits per heavy atom. The second-order valence-corrected chi connectivity index (χ2v) is 5.29. The molecule has 2 fully saturated rings. The number of primary amides is 1. The van der Waals surface area contributed by atoms with Crippen molar-refractivity contribution in [3.63, 3.8) is 0 Å². The maximum absolute atomic E-state index is 12.2. The van der Waals surface area contributed by atoms with Gasteiger partial charge in [-0.3, -0.25) is 19.3 Å². The van der Waals surface area contributed by atoms with E-state index in [1.807, 2.05) is 0 Å². The van der Waals surface area contributed by atoms with E-state index in [0.717, 1.165) is 17.7 Å². The van der Waals surface area contributed by atoms with E-state index >= 15 is 0 Å². The third-order valence-electron chi connectivity index (χ3n) is 3.96. The number of rotatable bonds is 4. The number of esters is 1. The molecule has 3 atom stereocenters. The number of amides is 3. The van der Waals surface area contributed by atoms with Gasteiger partial charge in [0, 0.05) is 0 Å². The molecule has 0 aromatic carbocycles. The third kappa shape index (κ3) is 2.52. The Morgan fingerprint density at radius 1 is 1.25 bits per heavy atom. The van der Waals surface area contributed by atoms with Crippen molar-refractivity contribution in [1.82, 2.24) is 4.90 Å². The van der Waals surface area contributed by atoms with Gasteiger partial charge < -0.3 is 10.5 Å². The van der Waals surface area contributed by atoms with Crippen molar-refractivity contribution in [2.24, 2.45) is 17.6 Å². The first-order valence-corrected chi connectivity index (χ1v) is 6.75. The second-order valence-electron chi connectivity index (χ2n) is 5.29. The lowest BCUT2D eigenvalue weighted by molar-refractivity contribution is -0.159. The van der Waals surface area contributed by atoms with E-state index in [0.29, 0.717) is 12.8 Å². The molecule has 0 aromatic rings. The number of hydrogen-bond acceptors (Lipinski definition) is 5. The molecular weight excluding hydrogens is 264 g/mol. The van der Waals surface area contributed by atoms with Crippen molar-refractivity contribution in [2.45, 2.75) is 38.6 Å². The average Bonchev–Trinajstić information content (AvgIpc) is 2.68. The molecule has 2 rings (SSSR count). The number of carbonyl (C=O) groups is 4. The Morgan fingerprint density at radius 3 is 2.20 bits per heavy atom. The highest BCUT2D eigenvalue weighted by Crippen LogP contribution is 2.38. The number of ether oxygens (including phenoxy) is 1. The van der Waals surface area contributed by atoms with Gasteiger partial charge in [-0.1, -0.05) is 12.8 Å². The average molecular weight is 282 g/mol. The Balaban J connectivity index is 2.07. The third-order valence-corrected chi connectivity index (χ3v) is 3.96. The molecule has 1 heterocycles. The number of fused-ring (bicyclic) bond motifs is 1. The van der Waals surface area contributed by atoms with Gasteiger partial charge in [0.2, 0.25) is 11.8 Å². The molecule has 1 aliphatic carbocycles. The van der Waals surface area contributed by atoms with Gasteiger partial charge in [0.05, 0.1) is 11.8 Å². The van der Waals surface area contributed by atoms with Crippen LogP contribution in [0.3, 0.4) is 0 Å². The number of hydrogen-bond donors (Lipinski definition) is 1. The summed E-state index contributed by atoms with van der Waals surface area (Å²) in [6.45, 7) is 0.878. The Hall–Kier alpha value is -1.92. The number of nitrogens with two attached hydrogens (primary N) is 1. The fourth-order valence-corrected chi connectivity index (χ4v) is 2.94.